The maximum atomic E-state index is 5.28. The Labute approximate surface area is 109 Å². The normalized spacial score (nSPS) is 18.7. The summed E-state index contributed by atoms with van der Waals surface area (Å²) in [6, 6.07) is 6.59. The molecule has 1 unspecified atom stereocenters. The van der Waals surface area contributed by atoms with Crippen LogP contribution in [-0.4, -0.2) is 33.4 Å². The molecule has 4 nitrogen and oxygen atoms in total. The fraction of sp³-hybridized carbons (Fsp3) is 0.571. The van der Waals surface area contributed by atoms with Gasteiger partial charge < -0.3 is 20.1 Å². The summed E-state index contributed by atoms with van der Waals surface area (Å²) in [6.07, 6.45) is 3.77. The Hall–Kier alpha value is -1.42. The largest absolute Gasteiger partial charge is 0.493 e. The second-order valence-corrected chi connectivity index (χ2v) is 4.58. The topological polar surface area (TPSA) is 42.5 Å². The average molecular weight is 250 g/mol. The molecule has 4 heteroatoms. The van der Waals surface area contributed by atoms with E-state index in [4.69, 9.17) is 9.47 Å². The number of nitrogens with one attached hydrogen (secondary N) is 2. The first kappa shape index (κ1) is 13.0. The standard InChI is InChI=1S/C14H22N2O2/c1-17-13-6-5-12(10-14(13)18-2)16-9-7-11-4-3-8-15-11/h5-6,10-11,15-16H,3-4,7-9H2,1-2H3. The molecule has 1 saturated heterocycles. The number of ether oxygens (including phenoxy) is 2. The van der Waals surface area contributed by atoms with Crippen LogP contribution >= 0.6 is 0 Å². The van der Waals surface area contributed by atoms with E-state index in [1.807, 2.05) is 18.2 Å². The summed E-state index contributed by atoms with van der Waals surface area (Å²) in [7, 11) is 3.31. The Morgan fingerprint density at radius 3 is 2.78 bits per heavy atom. The molecule has 0 aliphatic carbocycles. The van der Waals surface area contributed by atoms with Crippen molar-refractivity contribution in [1.82, 2.24) is 5.32 Å². The van der Waals surface area contributed by atoms with Gasteiger partial charge in [0.05, 0.1) is 14.2 Å². The lowest BCUT2D eigenvalue weighted by molar-refractivity contribution is 0.355. The molecule has 2 N–H and O–H groups in total. The highest BCUT2D eigenvalue weighted by atomic mass is 16.5. The van der Waals surface area contributed by atoms with E-state index < -0.39 is 0 Å². The van der Waals surface area contributed by atoms with E-state index in [1.165, 1.54) is 19.4 Å². The maximum absolute atomic E-state index is 5.28. The molecular formula is C14H22N2O2. The van der Waals surface area contributed by atoms with Crippen molar-refractivity contribution in [2.75, 3.05) is 32.6 Å². The van der Waals surface area contributed by atoms with E-state index in [2.05, 4.69) is 10.6 Å². The fourth-order valence-corrected chi connectivity index (χ4v) is 2.34. The van der Waals surface area contributed by atoms with Gasteiger partial charge in [0, 0.05) is 24.3 Å². The SMILES string of the molecule is COc1ccc(NCCC2CCCN2)cc1OC. The van der Waals surface area contributed by atoms with Crippen LogP contribution in [0, 0.1) is 0 Å². The highest BCUT2D eigenvalue weighted by Crippen LogP contribution is 2.29. The Morgan fingerprint density at radius 1 is 1.28 bits per heavy atom. The van der Waals surface area contributed by atoms with Crippen LogP contribution in [0.1, 0.15) is 19.3 Å². The number of rotatable bonds is 6. The van der Waals surface area contributed by atoms with Gasteiger partial charge in [0.2, 0.25) is 0 Å². The first-order valence-corrected chi connectivity index (χ1v) is 6.53. The minimum Gasteiger partial charge on any atom is -0.493 e. The van der Waals surface area contributed by atoms with Crippen LogP contribution in [-0.2, 0) is 0 Å². The molecule has 1 aliphatic heterocycles. The summed E-state index contributed by atoms with van der Waals surface area (Å²) >= 11 is 0. The number of hydrogen-bond donors (Lipinski definition) is 2. The molecule has 1 aromatic carbocycles. The van der Waals surface area contributed by atoms with E-state index in [1.54, 1.807) is 14.2 Å². The number of anilines is 1. The quantitative estimate of drug-likeness (QED) is 0.812. The number of hydrogen-bond acceptors (Lipinski definition) is 4. The number of methoxy groups -OCH3 is 2. The van der Waals surface area contributed by atoms with Gasteiger partial charge in [0.1, 0.15) is 0 Å². The van der Waals surface area contributed by atoms with Crippen LogP contribution < -0.4 is 20.1 Å². The van der Waals surface area contributed by atoms with Gasteiger partial charge in [-0.05, 0) is 37.9 Å². The summed E-state index contributed by atoms with van der Waals surface area (Å²) in [4.78, 5) is 0. The minimum absolute atomic E-state index is 0.678. The molecule has 0 radical (unpaired) electrons. The molecule has 0 bridgehead atoms. The highest BCUT2D eigenvalue weighted by molar-refractivity contribution is 5.54. The van der Waals surface area contributed by atoms with E-state index in [9.17, 15) is 0 Å². The van der Waals surface area contributed by atoms with Crippen molar-refractivity contribution in [3.05, 3.63) is 18.2 Å². The van der Waals surface area contributed by atoms with Crippen molar-refractivity contribution in [3.8, 4) is 11.5 Å². The van der Waals surface area contributed by atoms with Gasteiger partial charge in [-0.2, -0.15) is 0 Å². The monoisotopic (exact) mass is 250 g/mol. The zero-order valence-electron chi connectivity index (χ0n) is 11.2. The van der Waals surface area contributed by atoms with Crippen molar-refractivity contribution in [2.24, 2.45) is 0 Å². The molecule has 2 rings (SSSR count). The fourth-order valence-electron chi connectivity index (χ4n) is 2.34. The molecule has 1 atom stereocenters. The van der Waals surface area contributed by atoms with E-state index in [0.29, 0.717) is 6.04 Å². The Bertz CT molecular complexity index is 376. The average Bonchev–Trinajstić information content (AvgIpc) is 2.91. The van der Waals surface area contributed by atoms with Crippen LogP contribution in [0.3, 0.4) is 0 Å². The third kappa shape index (κ3) is 3.29. The van der Waals surface area contributed by atoms with Gasteiger partial charge >= 0.3 is 0 Å². The van der Waals surface area contributed by atoms with Crippen molar-refractivity contribution in [2.45, 2.75) is 25.3 Å². The van der Waals surface area contributed by atoms with Crippen LogP contribution in [0.4, 0.5) is 5.69 Å². The second kappa shape index (κ2) is 6.50. The zero-order chi connectivity index (χ0) is 12.8. The molecule has 18 heavy (non-hydrogen) atoms. The van der Waals surface area contributed by atoms with E-state index in [-0.39, 0.29) is 0 Å². The molecule has 0 amide bonds. The molecule has 0 spiro atoms. The molecule has 1 heterocycles. The first-order chi connectivity index (χ1) is 8.83. The lowest BCUT2D eigenvalue weighted by Crippen LogP contribution is -2.24. The van der Waals surface area contributed by atoms with Crippen molar-refractivity contribution >= 4 is 5.69 Å². The zero-order valence-corrected chi connectivity index (χ0v) is 11.2. The molecule has 100 valence electrons. The van der Waals surface area contributed by atoms with Crippen LogP contribution in [0.2, 0.25) is 0 Å². The second-order valence-electron chi connectivity index (χ2n) is 4.58. The summed E-state index contributed by atoms with van der Waals surface area (Å²) in [5.74, 6) is 1.53. The molecule has 1 fully saturated rings. The van der Waals surface area contributed by atoms with E-state index in [0.717, 1.165) is 30.2 Å². The number of benzene rings is 1. The summed E-state index contributed by atoms with van der Waals surface area (Å²) < 4.78 is 10.5. The van der Waals surface area contributed by atoms with Gasteiger partial charge in [-0.15, -0.1) is 0 Å². The van der Waals surface area contributed by atoms with Crippen molar-refractivity contribution < 1.29 is 9.47 Å². The van der Waals surface area contributed by atoms with E-state index >= 15 is 0 Å². The van der Waals surface area contributed by atoms with Crippen molar-refractivity contribution in [1.29, 1.82) is 0 Å². The van der Waals surface area contributed by atoms with Crippen LogP contribution in [0.15, 0.2) is 18.2 Å². The van der Waals surface area contributed by atoms with Crippen LogP contribution in [0.5, 0.6) is 11.5 Å². The lowest BCUT2D eigenvalue weighted by Gasteiger charge is -2.13. The maximum Gasteiger partial charge on any atom is 0.162 e. The van der Waals surface area contributed by atoms with Gasteiger partial charge in [-0.25, -0.2) is 0 Å². The summed E-state index contributed by atoms with van der Waals surface area (Å²) in [5, 5.41) is 6.92. The summed E-state index contributed by atoms with van der Waals surface area (Å²) in [6.45, 7) is 2.15. The van der Waals surface area contributed by atoms with Crippen LogP contribution in [0.25, 0.3) is 0 Å². The molecular weight excluding hydrogens is 228 g/mol. The van der Waals surface area contributed by atoms with Gasteiger partial charge in [0.25, 0.3) is 0 Å². The van der Waals surface area contributed by atoms with Gasteiger partial charge in [0.15, 0.2) is 11.5 Å². The highest BCUT2D eigenvalue weighted by Gasteiger charge is 2.13. The third-order valence-electron chi connectivity index (χ3n) is 3.37. The minimum atomic E-state index is 0.678. The van der Waals surface area contributed by atoms with Crippen molar-refractivity contribution in [3.63, 3.8) is 0 Å². The molecule has 0 saturated carbocycles. The lowest BCUT2D eigenvalue weighted by atomic mass is 10.1. The first-order valence-electron chi connectivity index (χ1n) is 6.53. The Morgan fingerprint density at radius 2 is 2.11 bits per heavy atom. The third-order valence-corrected chi connectivity index (χ3v) is 3.37. The Kier molecular flexibility index (Phi) is 4.70. The predicted molar refractivity (Wildman–Crippen MR) is 73.7 cm³/mol. The smallest absolute Gasteiger partial charge is 0.162 e. The Balaban J connectivity index is 1.84. The van der Waals surface area contributed by atoms with Gasteiger partial charge in [-0.3, -0.25) is 0 Å². The summed E-state index contributed by atoms with van der Waals surface area (Å²) in [5.41, 5.74) is 1.07. The molecule has 1 aliphatic rings. The predicted octanol–water partition coefficient (Wildman–Crippen LogP) is 2.26. The molecule has 1 aromatic rings. The van der Waals surface area contributed by atoms with Gasteiger partial charge in [-0.1, -0.05) is 0 Å². The molecule has 0 aromatic heterocycles.